The van der Waals surface area contributed by atoms with E-state index in [1.807, 2.05) is 18.2 Å². The number of benzene rings is 2. The van der Waals surface area contributed by atoms with Crippen molar-refractivity contribution in [2.45, 2.75) is 71.1 Å². The van der Waals surface area contributed by atoms with E-state index >= 15 is 0 Å². The zero-order valence-corrected chi connectivity index (χ0v) is 18.4. The number of carbonyl (C=O) groups excluding carboxylic acids is 2. The Morgan fingerprint density at radius 3 is 2.17 bits per heavy atom. The van der Waals surface area contributed by atoms with Crippen molar-refractivity contribution in [3.8, 4) is 0 Å². The summed E-state index contributed by atoms with van der Waals surface area (Å²) in [5.41, 5.74) is 4.31. The third kappa shape index (κ3) is 4.29. The first-order valence-electron chi connectivity index (χ1n) is 10.7. The maximum atomic E-state index is 13.4. The van der Waals surface area contributed by atoms with Crippen molar-refractivity contribution in [3.63, 3.8) is 0 Å². The molecule has 0 heterocycles. The van der Waals surface area contributed by atoms with Crippen LogP contribution in [-0.2, 0) is 10.8 Å². The molecule has 2 aromatic carbocycles. The van der Waals surface area contributed by atoms with Gasteiger partial charge in [-0.1, -0.05) is 71.4 Å². The first kappa shape index (κ1) is 21.3. The lowest BCUT2D eigenvalue weighted by Gasteiger charge is -2.42. The highest BCUT2D eigenvalue weighted by Gasteiger charge is 2.37. The summed E-state index contributed by atoms with van der Waals surface area (Å²) in [5.74, 6) is -0.268. The van der Waals surface area contributed by atoms with Crippen LogP contribution in [0.1, 0.15) is 97.7 Å². The fourth-order valence-corrected chi connectivity index (χ4v) is 4.24. The van der Waals surface area contributed by atoms with Crippen molar-refractivity contribution >= 4 is 11.7 Å². The molecule has 0 saturated carbocycles. The standard InChI is InChI=1S/C26H33NO2/c1-6-7-16-27-24(29)20-11-9-8-10-19(20)23(28)18-12-13-21-22(17-18)26(4,5)15-14-25(21,2)3/h8-13,17H,6-7,14-16H2,1-5H3,(H,27,29). The van der Waals surface area contributed by atoms with Crippen LogP contribution in [0.3, 0.4) is 0 Å². The molecule has 3 rings (SSSR count). The summed E-state index contributed by atoms with van der Waals surface area (Å²) in [4.78, 5) is 26.0. The molecule has 0 fully saturated rings. The number of unbranched alkanes of at least 4 members (excludes halogenated alkanes) is 1. The number of hydrogen-bond acceptors (Lipinski definition) is 2. The molecule has 29 heavy (non-hydrogen) atoms. The normalized spacial score (nSPS) is 16.7. The maximum Gasteiger partial charge on any atom is 0.252 e. The fourth-order valence-electron chi connectivity index (χ4n) is 4.24. The second-order valence-electron chi connectivity index (χ2n) is 9.51. The number of nitrogens with one attached hydrogen (secondary N) is 1. The number of carbonyl (C=O) groups is 2. The second-order valence-corrected chi connectivity index (χ2v) is 9.51. The van der Waals surface area contributed by atoms with E-state index in [9.17, 15) is 9.59 Å². The fraction of sp³-hybridized carbons (Fsp3) is 0.462. The van der Waals surface area contributed by atoms with Crippen LogP contribution < -0.4 is 5.32 Å². The Balaban J connectivity index is 1.98. The Labute approximate surface area is 174 Å². The number of ketones is 1. The predicted octanol–water partition coefficient (Wildman–Crippen LogP) is 5.80. The van der Waals surface area contributed by atoms with Crippen LogP contribution in [0.25, 0.3) is 0 Å². The number of hydrogen-bond donors (Lipinski definition) is 1. The van der Waals surface area contributed by atoms with Gasteiger partial charge in [0.2, 0.25) is 0 Å². The molecule has 3 heteroatoms. The number of rotatable bonds is 6. The van der Waals surface area contributed by atoms with Gasteiger partial charge in [0.1, 0.15) is 0 Å². The van der Waals surface area contributed by atoms with Gasteiger partial charge in [-0.25, -0.2) is 0 Å². The van der Waals surface area contributed by atoms with Gasteiger partial charge in [-0.05, 0) is 53.4 Å². The van der Waals surface area contributed by atoms with E-state index in [1.165, 1.54) is 11.1 Å². The highest BCUT2D eigenvalue weighted by molar-refractivity contribution is 6.15. The van der Waals surface area contributed by atoms with E-state index in [1.54, 1.807) is 12.1 Å². The molecule has 0 bridgehead atoms. The van der Waals surface area contributed by atoms with Gasteiger partial charge in [0.05, 0.1) is 5.56 Å². The largest absolute Gasteiger partial charge is 0.352 e. The van der Waals surface area contributed by atoms with Gasteiger partial charge in [0.15, 0.2) is 5.78 Å². The van der Waals surface area contributed by atoms with Crippen molar-refractivity contribution in [2.75, 3.05) is 6.54 Å². The number of fused-ring (bicyclic) bond motifs is 1. The molecule has 0 aromatic heterocycles. The summed E-state index contributed by atoms with van der Waals surface area (Å²) in [6.45, 7) is 11.8. The molecule has 0 radical (unpaired) electrons. The van der Waals surface area contributed by atoms with Crippen molar-refractivity contribution in [1.29, 1.82) is 0 Å². The third-order valence-electron chi connectivity index (χ3n) is 6.35. The molecule has 0 aliphatic heterocycles. The van der Waals surface area contributed by atoms with Crippen LogP contribution in [0.4, 0.5) is 0 Å². The Morgan fingerprint density at radius 1 is 0.897 bits per heavy atom. The van der Waals surface area contributed by atoms with Crippen LogP contribution >= 0.6 is 0 Å². The van der Waals surface area contributed by atoms with Crippen molar-refractivity contribution in [2.24, 2.45) is 0 Å². The summed E-state index contributed by atoms with van der Waals surface area (Å²) < 4.78 is 0. The summed E-state index contributed by atoms with van der Waals surface area (Å²) in [6, 6.07) is 13.2. The lowest BCUT2D eigenvalue weighted by Crippen LogP contribution is -2.34. The Bertz CT molecular complexity index is 924. The summed E-state index contributed by atoms with van der Waals surface area (Å²) in [6.07, 6.45) is 4.18. The summed E-state index contributed by atoms with van der Waals surface area (Å²) in [5, 5.41) is 2.93. The smallest absolute Gasteiger partial charge is 0.252 e. The van der Waals surface area contributed by atoms with Gasteiger partial charge in [-0.3, -0.25) is 9.59 Å². The van der Waals surface area contributed by atoms with E-state index in [4.69, 9.17) is 0 Å². The highest BCUT2D eigenvalue weighted by Crippen LogP contribution is 2.46. The SMILES string of the molecule is CCCCNC(=O)c1ccccc1C(=O)c1ccc2c(c1)C(C)(C)CCC2(C)C. The van der Waals surface area contributed by atoms with Crippen molar-refractivity contribution in [3.05, 3.63) is 70.3 Å². The topological polar surface area (TPSA) is 46.2 Å². The van der Waals surface area contributed by atoms with Gasteiger partial charge < -0.3 is 5.32 Å². The Hall–Kier alpha value is -2.42. The minimum atomic E-state index is -0.179. The molecule has 1 amide bonds. The van der Waals surface area contributed by atoms with Crippen molar-refractivity contribution < 1.29 is 9.59 Å². The van der Waals surface area contributed by atoms with Gasteiger partial charge in [-0.2, -0.15) is 0 Å². The average molecular weight is 392 g/mol. The molecule has 1 N–H and O–H groups in total. The Kier molecular flexibility index (Phi) is 5.97. The van der Waals surface area contributed by atoms with Gasteiger partial charge in [-0.15, -0.1) is 0 Å². The molecule has 1 aliphatic carbocycles. The summed E-state index contributed by atoms with van der Waals surface area (Å²) >= 11 is 0. The van der Waals surface area contributed by atoms with Gasteiger partial charge in [0.25, 0.3) is 5.91 Å². The minimum absolute atomic E-state index is 0.0399. The predicted molar refractivity (Wildman–Crippen MR) is 119 cm³/mol. The van der Waals surface area contributed by atoms with Crippen LogP contribution in [0.15, 0.2) is 42.5 Å². The molecular formula is C26H33NO2. The van der Waals surface area contributed by atoms with E-state index in [-0.39, 0.29) is 22.5 Å². The third-order valence-corrected chi connectivity index (χ3v) is 6.35. The zero-order valence-electron chi connectivity index (χ0n) is 18.4. The lowest BCUT2D eigenvalue weighted by molar-refractivity contribution is 0.0941. The maximum absolute atomic E-state index is 13.4. The van der Waals surface area contributed by atoms with Gasteiger partial charge >= 0.3 is 0 Å². The monoisotopic (exact) mass is 391 g/mol. The average Bonchev–Trinajstić information content (AvgIpc) is 2.71. The molecule has 0 spiro atoms. The van der Waals surface area contributed by atoms with E-state index in [0.29, 0.717) is 23.2 Å². The zero-order chi connectivity index (χ0) is 21.2. The second kappa shape index (κ2) is 8.14. The minimum Gasteiger partial charge on any atom is -0.352 e. The van der Waals surface area contributed by atoms with E-state index < -0.39 is 0 Å². The van der Waals surface area contributed by atoms with Crippen LogP contribution in [0.2, 0.25) is 0 Å². The molecule has 0 atom stereocenters. The molecule has 154 valence electrons. The molecule has 0 saturated heterocycles. The van der Waals surface area contributed by atoms with Crippen LogP contribution in [0.5, 0.6) is 0 Å². The highest BCUT2D eigenvalue weighted by atomic mass is 16.2. The Morgan fingerprint density at radius 2 is 1.52 bits per heavy atom. The molecular weight excluding hydrogens is 358 g/mol. The summed E-state index contributed by atoms with van der Waals surface area (Å²) in [7, 11) is 0. The molecule has 1 aliphatic rings. The first-order chi connectivity index (χ1) is 13.7. The van der Waals surface area contributed by atoms with E-state index in [2.05, 4.69) is 52.1 Å². The van der Waals surface area contributed by atoms with Crippen LogP contribution in [0, 0.1) is 0 Å². The molecule has 0 unspecified atom stereocenters. The first-order valence-corrected chi connectivity index (χ1v) is 10.7. The van der Waals surface area contributed by atoms with Crippen molar-refractivity contribution in [1.82, 2.24) is 5.32 Å². The van der Waals surface area contributed by atoms with Crippen LogP contribution in [-0.4, -0.2) is 18.2 Å². The van der Waals surface area contributed by atoms with Gasteiger partial charge in [0, 0.05) is 17.7 Å². The molecule has 2 aromatic rings. The lowest BCUT2D eigenvalue weighted by atomic mass is 9.63. The number of amides is 1. The molecule has 3 nitrogen and oxygen atoms in total. The van der Waals surface area contributed by atoms with E-state index in [0.717, 1.165) is 25.7 Å². The quantitative estimate of drug-likeness (QED) is 0.500.